The van der Waals surface area contributed by atoms with Crippen LogP contribution >= 0.6 is 11.3 Å². The number of hydrogen-bond donors (Lipinski definition) is 1. The van der Waals surface area contributed by atoms with Gasteiger partial charge in [-0.1, -0.05) is 36.4 Å². The Hall–Kier alpha value is -2.91. The highest BCUT2D eigenvalue weighted by Gasteiger charge is 2.29. The number of hydrogen-bond acceptors (Lipinski definition) is 5. The monoisotopic (exact) mass is 473 g/mol. The molecule has 1 aliphatic rings. The number of halogens is 1. The van der Waals surface area contributed by atoms with Crippen molar-refractivity contribution in [3.8, 4) is 0 Å². The Balaban J connectivity index is 1.38. The van der Waals surface area contributed by atoms with Gasteiger partial charge in [0.2, 0.25) is 5.91 Å². The van der Waals surface area contributed by atoms with E-state index in [0.29, 0.717) is 6.54 Å². The predicted octanol–water partition coefficient (Wildman–Crippen LogP) is 3.65. The van der Waals surface area contributed by atoms with Crippen LogP contribution in [0.1, 0.15) is 12.0 Å². The molecule has 9 heteroatoms. The van der Waals surface area contributed by atoms with E-state index in [0.717, 1.165) is 41.6 Å². The molecule has 0 saturated carbocycles. The predicted molar refractivity (Wildman–Crippen MR) is 125 cm³/mol. The summed E-state index contributed by atoms with van der Waals surface area (Å²) in [6, 6.07) is 16.9. The standard InChI is InChI=1S/C23H24FN3O3S2/c24-19-8-2-4-10-21(19)27(32(29,30)23-11-5-16-31-23)17-22(28)25-13-6-14-26-15-12-18-7-1-3-9-20(18)26/h1-5,7-11,16H,6,12-15,17H2,(H,25,28). The zero-order valence-corrected chi connectivity index (χ0v) is 19.0. The molecule has 0 unspecified atom stereocenters. The highest BCUT2D eigenvalue weighted by molar-refractivity contribution is 7.94. The van der Waals surface area contributed by atoms with Crippen molar-refractivity contribution < 1.29 is 17.6 Å². The molecule has 0 aliphatic carbocycles. The first kappa shape index (κ1) is 22.3. The quantitative estimate of drug-likeness (QED) is 0.482. The topological polar surface area (TPSA) is 69.7 Å². The van der Waals surface area contributed by atoms with Crippen molar-refractivity contribution in [3.05, 3.63) is 77.4 Å². The molecule has 1 aromatic heterocycles. The van der Waals surface area contributed by atoms with Gasteiger partial charge in [-0.2, -0.15) is 0 Å². The van der Waals surface area contributed by atoms with Gasteiger partial charge in [-0.15, -0.1) is 11.3 Å². The number of nitrogens with one attached hydrogen (secondary N) is 1. The van der Waals surface area contributed by atoms with E-state index in [1.807, 2.05) is 12.1 Å². The molecule has 6 nitrogen and oxygen atoms in total. The summed E-state index contributed by atoms with van der Waals surface area (Å²) in [6.45, 7) is 1.66. The van der Waals surface area contributed by atoms with E-state index in [-0.39, 0.29) is 9.90 Å². The van der Waals surface area contributed by atoms with E-state index in [9.17, 15) is 17.6 Å². The number of para-hydroxylation sites is 2. The van der Waals surface area contributed by atoms with E-state index < -0.39 is 28.3 Å². The maximum atomic E-state index is 14.4. The molecule has 0 atom stereocenters. The van der Waals surface area contributed by atoms with Crippen LogP contribution in [0.25, 0.3) is 0 Å². The van der Waals surface area contributed by atoms with E-state index in [2.05, 4.69) is 22.3 Å². The molecule has 0 radical (unpaired) electrons. The molecular formula is C23H24FN3O3S2. The van der Waals surface area contributed by atoms with Gasteiger partial charge < -0.3 is 10.2 Å². The van der Waals surface area contributed by atoms with Crippen LogP contribution in [0, 0.1) is 5.82 Å². The van der Waals surface area contributed by atoms with Gasteiger partial charge in [0.15, 0.2) is 0 Å². The van der Waals surface area contributed by atoms with E-state index in [1.54, 1.807) is 17.5 Å². The lowest BCUT2D eigenvalue weighted by Crippen LogP contribution is -2.41. The van der Waals surface area contributed by atoms with Crippen LogP contribution in [-0.4, -0.2) is 40.5 Å². The summed E-state index contributed by atoms with van der Waals surface area (Å²) >= 11 is 1.03. The molecule has 2 heterocycles. The Morgan fingerprint density at radius 3 is 2.66 bits per heavy atom. The third kappa shape index (κ3) is 4.78. The number of amides is 1. The van der Waals surface area contributed by atoms with Crippen LogP contribution in [0.3, 0.4) is 0 Å². The van der Waals surface area contributed by atoms with Crippen molar-refractivity contribution in [2.75, 3.05) is 35.4 Å². The summed E-state index contributed by atoms with van der Waals surface area (Å²) in [5.41, 5.74) is 2.41. The first-order valence-corrected chi connectivity index (χ1v) is 12.7. The fourth-order valence-corrected chi connectivity index (χ4v) is 6.33. The third-order valence-electron chi connectivity index (χ3n) is 5.36. The van der Waals surface area contributed by atoms with Crippen LogP contribution in [0.4, 0.5) is 15.8 Å². The second-order valence-corrected chi connectivity index (χ2v) is 10.5. The Morgan fingerprint density at radius 1 is 1.09 bits per heavy atom. The molecule has 3 aromatic rings. The van der Waals surface area contributed by atoms with Crippen LogP contribution in [0.2, 0.25) is 0 Å². The van der Waals surface area contributed by atoms with Crippen LogP contribution in [0.5, 0.6) is 0 Å². The summed E-state index contributed by atoms with van der Waals surface area (Å²) in [4.78, 5) is 14.9. The summed E-state index contributed by atoms with van der Waals surface area (Å²) in [5, 5.41) is 4.40. The number of rotatable bonds is 9. The maximum Gasteiger partial charge on any atom is 0.274 e. The van der Waals surface area contributed by atoms with Crippen molar-refractivity contribution >= 4 is 38.6 Å². The third-order valence-corrected chi connectivity index (χ3v) is 8.49. The van der Waals surface area contributed by atoms with Crippen molar-refractivity contribution in [2.45, 2.75) is 17.1 Å². The first-order valence-electron chi connectivity index (χ1n) is 10.4. The SMILES string of the molecule is O=C(CN(c1ccccc1F)S(=O)(=O)c1cccs1)NCCCN1CCc2ccccc21. The van der Waals surface area contributed by atoms with Crippen LogP contribution < -0.4 is 14.5 Å². The molecule has 0 saturated heterocycles. The van der Waals surface area contributed by atoms with Gasteiger partial charge in [0.25, 0.3) is 10.0 Å². The van der Waals surface area contributed by atoms with Crippen molar-refractivity contribution in [3.63, 3.8) is 0 Å². The number of sulfonamides is 1. The molecule has 1 N–H and O–H groups in total. The van der Waals surface area contributed by atoms with Gasteiger partial charge in [0.05, 0.1) is 5.69 Å². The average Bonchev–Trinajstić information content (AvgIpc) is 3.47. The van der Waals surface area contributed by atoms with Gasteiger partial charge in [-0.3, -0.25) is 9.10 Å². The average molecular weight is 474 g/mol. The van der Waals surface area contributed by atoms with Gasteiger partial charge in [-0.25, -0.2) is 12.8 Å². The molecule has 32 heavy (non-hydrogen) atoms. The zero-order valence-electron chi connectivity index (χ0n) is 17.4. The Kier molecular flexibility index (Phi) is 6.76. The second kappa shape index (κ2) is 9.70. The van der Waals surface area contributed by atoms with E-state index >= 15 is 0 Å². The number of thiophene rings is 1. The van der Waals surface area contributed by atoms with Crippen molar-refractivity contribution in [1.29, 1.82) is 0 Å². The minimum Gasteiger partial charge on any atom is -0.371 e. The van der Waals surface area contributed by atoms with Gasteiger partial charge in [0, 0.05) is 25.3 Å². The number of carbonyl (C=O) groups excluding carboxylic acids is 1. The Bertz CT molecular complexity index is 1180. The van der Waals surface area contributed by atoms with Crippen molar-refractivity contribution in [1.82, 2.24) is 5.32 Å². The minimum atomic E-state index is -4.06. The summed E-state index contributed by atoms with van der Waals surface area (Å²) < 4.78 is 41.5. The second-order valence-electron chi connectivity index (χ2n) is 7.46. The zero-order chi connectivity index (χ0) is 22.6. The minimum absolute atomic E-state index is 0.0567. The van der Waals surface area contributed by atoms with Gasteiger partial charge >= 0.3 is 0 Å². The van der Waals surface area contributed by atoms with Crippen molar-refractivity contribution in [2.24, 2.45) is 0 Å². The molecule has 2 aromatic carbocycles. The Morgan fingerprint density at radius 2 is 1.88 bits per heavy atom. The fourth-order valence-electron chi connectivity index (χ4n) is 3.80. The number of benzene rings is 2. The maximum absolute atomic E-state index is 14.4. The number of nitrogens with zero attached hydrogens (tertiary/aromatic N) is 2. The van der Waals surface area contributed by atoms with Crippen LogP contribution in [0.15, 0.2) is 70.3 Å². The number of fused-ring (bicyclic) bond motifs is 1. The molecule has 0 bridgehead atoms. The summed E-state index contributed by atoms with van der Waals surface area (Å²) in [7, 11) is -4.06. The lowest BCUT2D eigenvalue weighted by molar-refractivity contribution is -0.119. The van der Waals surface area contributed by atoms with E-state index in [1.165, 1.54) is 35.5 Å². The normalized spacial score (nSPS) is 13.1. The lowest BCUT2D eigenvalue weighted by atomic mass is 10.2. The summed E-state index contributed by atoms with van der Waals surface area (Å²) in [5.74, 6) is -1.18. The van der Waals surface area contributed by atoms with E-state index in [4.69, 9.17) is 0 Å². The first-order chi connectivity index (χ1) is 15.5. The fraction of sp³-hybridized carbons (Fsp3) is 0.261. The van der Waals surface area contributed by atoms with Gasteiger partial charge in [-0.05, 0) is 48.1 Å². The van der Waals surface area contributed by atoms with Crippen LogP contribution in [-0.2, 0) is 21.2 Å². The highest BCUT2D eigenvalue weighted by atomic mass is 32.2. The largest absolute Gasteiger partial charge is 0.371 e. The molecular weight excluding hydrogens is 449 g/mol. The molecule has 1 aliphatic heterocycles. The molecule has 0 fully saturated rings. The molecule has 1 amide bonds. The number of anilines is 2. The molecule has 0 spiro atoms. The number of carbonyl (C=O) groups is 1. The summed E-state index contributed by atoms with van der Waals surface area (Å²) in [6.07, 6.45) is 1.73. The Labute approximate surface area is 191 Å². The molecule has 168 valence electrons. The molecule has 4 rings (SSSR count). The highest BCUT2D eigenvalue weighted by Crippen LogP contribution is 2.29. The smallest absolute Gasteiger partial charge is 0.274 e. The lowest BCUT2D eigenvalue weighted by Gasteiger charge is -2.24. The van der Waals surface area contributed by atoms with Gasteiger partial charge in [0.1, 0.15) is 16.6 Å².